The Hall–Kier alpha value is -5.01. The first-order chi connectivity index (χ1) is 25.6. The molecule has 15 N–H and O–H groups in total. The molecule has 1 rings (SSSR count). The van der Waals surface area contributed by atoms with Crippen LogP contribution >= 0.6 is 0 Å². The van der Waals surface area contributed by atoms with Crippen molar-refractivity contribution in [1.82, 2.24) is 26.6 Å². The Morgan fingerprint density at radius 2 is 1.30 bits per heavy atom. The fourth-order valence-corrected chi connectivity index (χ4v) is 4.72. The third-order valence-corrected chi connectivity index (χ3v) is 7.66. The fourth-order valence-electron chi connectivity index (χ4n) is 4.72. The second kappa shape index (κ2) is 26.7. The van der Waals surface area contributed by atoms with Crippen LogP contribution in [-0.2, 0) is 39.9 Å². The average molecular weight is 763 g/mol. The molecule has 0 fully saturated rings. The molecule has 5 amide bonds. The van der Waals surface area contributed by atoms with Crippen LogP contribution in [0.25, 0.3) is 0 Å². The Labute approximate surface area is 317 Å². The zero-order valence-electron chi connectivity index (χ0n) is 31.9. The Balaban J connectivity index is 2.65. The van der Waals surface area contributed by atoms with Crippen LogP contribution in [0, 0.1) is 0 Å². The highest BCUT2D eigenvalue weighted by atomic mass is 16.5. The molecule has 0 aromatic heterocycles. The number of hydrogen-bond donors (Lipinski definition) is 10. The van der Waals surface area contributed by atoms with Gasteiger partial charge < -0.3 is 64.7 Å². The number of hydrogen-bond acceptors (Lipinski definition) is 10. The molecule has 3 atom stereocenters. The van der Waals surface area contributed by atoms with Gasteiger partial charge in [0.15, 0.2) is 11.9 Å². The lowest BCUT2D eigenvalue weighted by Crippen LogP contribution is -2.52. The summed E-state index contributed by atoms with van der Waals surface area (Å²) in [5, 5.41) is 13.2. The molecule has 0 spiro atoms. The molecule has 0 radical (unpaired) electrons. The molecule has 0 heterocycles. The number of nitrogens with two attached hydrogens (primary N) is 5. The Morgan fingerprint density at radius 1 is 0.741 bits per heavy atom. The highest BCUT2D eigenvalue weighted by molar-refractivity contribution is 5.92. The number of carbonyl (C=O) groups excluding carboxylic acids is 5. The number of aliphatic imine (C=N–C) groups is 2. The Kier molecular flexibility index (Phi) is 23.2. The molecule has 19 heteroatoms. The molecule has 0 saturated carbocycles. The zero-order valence-corrected chi connectivity index (χ0v) is 31.9. The number of guanidine groups is 2. The second-order valence-electron chi connectivity index (χ2n) is 13.4. The summed E-state index contributed by atoms with van der Waals surface area (Å²) in [6, 6.07) is 7.59. The van der Waals surface area contributed by atoms with Crippen LogP contribution in [0.4, 0.5) is 0 Å². The lowest BCUT2D eigenvalue weighted by atomic mass is 10.0. The van der Waals surface area contributed by atoms with E-state index in [-0.39, 0.29) is 56.1 Å². The fraction of sp³-hybridized carbons (Fsp3) is 0.629. The van der Waals surface area contributed by atoms with E-state index in [1.165, 1.54) is 0 Å². The van der Waals surface area contributed by atoms with Gasteiger partial charge in [0.2, 0.25) is 29.5 Å². The van der Waals surface area contributed by atoms with E-state index in [1.807, 2.05) is 51.1 Å². The van der Waals surface area contributed by atoms with E-state index in [9.17, 15) is 24.0 Å². The van der Waals surface area contributed by atoms with Gasteiger partial charge in [0, 0.05) is 38.3 Å². The summed E-state index contributed by atoms with van der Waals surface area (Å²) in [5.74, 6) is -2.99. The normalized spacial score (nSPS) is 12.7. The van der Waals surface area contributed by atoms with E-state index in [4.69, 9.17) is 38.1 Å². The molecule has 0 bridgehead atoms. The highest BCUT2D eigenvalue weighted by Crippen LogP contribution is 2.06. The first-order valence-corrected chi connectivity index (χ1v) is 18.1. The van der Waals surface area contributed by atoms with Crippen molar-refractivity contribution in [2.45, 2.75) is 89.4 Å². The monoisotopic (exact) mass is 762 g/mol. The van der Waals surface area contributed by atoms with E-state index in [0.29, 0.717) is 51.8 Å². The topological polar surface area (TPSA) is 319 Å². The van der Waals surface area contributed by atoms with E-state index in [0.717, 1.165) is 5.56 Å². The molecule has 0 aliphatic carbocycles. The molecule has 1 aromatic rings. The summed E-state index contributed by atoms with van der Waals surface area (Å²) in [5.41, 5.74) is 28.2. The molecule has 3 unspecified atom stereocenters. The molecule has 0 saturated heterocycles. The van der Waals surface area contributed by atoms with E-state index in [1.54, 1.807) is 0 Å². The van der Waals surface area contributed by atoms with E-state index < -0.39 is 54.8 Å². The third kappa shape index (κ3) is 25.0. The Morgan fingerprint density at radius 3 is 1.87 bits per heavy atom. The van der Waals surface area contributed by atoms with Crippen LogP contribution in [0.1, 0.15) is 64.9 Å². The third-order valence-electron chi connectivity index (χ3n) is 7.66. The van der Waals surface area contributed by atoms with Gasteiger partial charge in [-0.25, -0.2) is 0 Å². The first-order valence-electron chi connectivity index (χ1n) is 18.1. The standard InChI is InChI=1S/C35H62N12O7/c1-24(54-20-15-35(2,3)40)13-18-41-29(49)22-53-23-30(50)47-27(12-8-17-44-34(38)39)32(52)45-21-28(48)46-26(11-7-16-43-33(36)37)31(51)42-19-14-25-9-5-4-6-10-25/h4-6,9-10,24,26-27H,7-8,11-23,40H2,1-3H3,(H,41,49)(H,42,51)(H,45,52)(H,46,48)(H,47,50)(H4,36,37,43)(H4,38,39,44). The smallest absolute Gasteiger partial charge is 0.246 e. The number of nitrogens with zero attached hydrogens (tertiary/aromatic N) is 2. The SMILES string of the molecule is CC(CCNC(=O)COCC(=O)NC(CCCN=C(N)N)C(=O)NCC(=O)NC(CCCN=C(N)N)C(=O)NCCc1ccccc1)OCCC(C)(C)N. The summed E-state index contributed by atoms with van der Waals surface area (Å²) < 4.78 is 11.0. The van der Waals surface area contributed by atoms with E-state index >= 15 is 0 Å². The predicted molar refractivity (Wildman–Crippen MR) is 207 cm³/mol. The number of benzene rings is 1. The van der Waals surface area contributed by atoms with Crippen LogP contribution in [0.5, 0.6) is 0 Å². The van der Waals surface area contributed by atoms with Crippen molar-refractivity contribution in [1.29, 1.82) is 0 Å². The van der Waals surface area contributed by atoms with Gasteiger partial charge in [-0.1, -0.05) is 30.3 Å². The summed E-state index contributed by atoms with van der Waals surface area (Å²) in [4.78, 5) is 71.7. The van der Waals surface area contributed by atoms with Crippen molar-refractivity contribution in [2.75, 3.05) is 52.5 Å². The largest absolute Gasteiger partial charge is 0.378 e. The number of nitrogens with one attached hydrogen (secondary N) is 5. The molecule has 54 heavy (non-hydrogen) atoms. The second-order valence-corrected chi connectivity index (χ2v) is 13.4. The molecule has 0 aliphatic heterocycles. The van der Waals surface area contributed by atoms with Gasteiger partial charge in [-0.05, 0) is 71.3 Å². The molecule has 1 aromatic carbocycles. The minimum Gasteiger partial charge on any atom is -0.378 e. The maximum atomic E-state index is 13.1. The summed E-state index contributed by atoms with van der Waals surface area (Å²) >= 11 is 0. The number of carbonyl (C=O) groups is 5. The van der Waals surface area contributed by atoms with Crippen LogP contribution in [0.15, 0.2) is 40.3 Å². The lowest BCUT2D eigenvalue weighted by molar-refractivity contribution is -0.134. The maximum Gasteiger partial charge on any atom is 0.246 e. The van der Waals surface area contributed by atoms with Crippen molar-refractivity contribution in [3.05, 3.63) is 35.9 Å². The molecule has 0 aliphatic rings. The zero-order chi connectivity index (χ0) is 40.4. The molecular formula is C35H62N12O7. The molecule has 19 nitrogen and oxygen atoms in total. The van der Waals surface area contributed by atoms with Crippen LogP contribution < -0.4 is 55.3 Å². The van der Waals surface area contributed by atoms with Crippen molar-refractivity contribution < 1.29 is 33.4 Å². The van der Waals surface area contributed by atoms with Gasteiger partial charge in [0.25, 0.3) is 0 Å². The number of amides is 5. The van der Waals surface area contributed by atoms with Gasteiger partial charge in [0.05, 0.1) is 12.6 Å². The highest BCUT2D eigenvalue weighted by Gasteiger charge is 2.24. The molecular weight excluding hydrogens is 700 g/mol. The first kappa shape index (κ1) is 47.0. The van der Waals surface area contributed by atoms with E-state index in [2.05, 4.69) is 36.6 Å². The van der Waals surface area contributed by atoms with Gasteiger partial charge in [-0.2, -0.15) is 0 Å². The van der Waals surface area contributed by atoms with Crippen molar-refractivity contribution in [2.24, 2.45) is 38.7 Å². The van der Waals surface area contributed by atoms with Gasteiger partial charge in [0.1, 0.15) is 25.3 Å². The van der Waals surface area contributed by atoms with Gasteiger partial charge in [-0.3, -0.25) is 34.0 Å². The quantitative estimate of drug-likeness (QED) is 0.0243. The lowest BCUT2D eigenvalue weighted by Gasteiger charge is -2.20. The van der Waals surface area contributed by atoms with Crippen molar-refractivity contribution in [3.8, 4) is 0 Å². The minimum absolute atomic E-state index is 0.0847. The average Bonchev–Trinajstić information content (AvgIpc) is 3.09. The van der Waals surface area contributed by atoms with Gasteiger partial charge in [-0.15, -0.1) is 0 Å². The van der Waals surface area contributed by atoms with Crippen LogP contribution in [0.2, 0.25) is 0 Å². The summed E-state index contributed by atoms with van der Waals surface area (Å²) in [6.45, 7) is 6.03. The Bertz CT molecular complexity index is 1350. The molecule has 304 valence electrons. The van der Waals surface area contributed by atoms with Crippen LogP contribution in [-0.4, -0.2) is 118 Å². The number of rotatable bonds is 28. The van der Waals surface area contributed by atoms with Crippen LogP contribution in [0.3, 0.4) is 0 Å². The maximum absolute atomic E-state index is 13.1. The van der Waals surface area contributed by atoms with Crippen molar-refractivity contribution in [3.63, 3.8) is 0 Å². The summed E-state index contributed by atoms with van der Waals surface area (Å²) in [7, 11) is 0. The van der Waals surface area contributed by atoms with Gasteiger partial charge >= 0.3 is 0 Å². The summed E-state index contributed by atoms with van der Waals surface area (Å²) in [6.07, 6.45) is 2.86. The number of ether oxygens (including phenoxy) is 2. The van der Waals surface area contributed by atoms with Crippen molar-refractivity contribution >= 4 is 41.5 Å². The minimum atomic E-state index is -1.08. The predicted octanol–water partition coefficient (Wildman–Crippen LogP) is -2.41.